The lowest BCUT2D eigenvalue weighted by molar-refractivity contribution is -0.177. The molecule has 0 radical (unpaired) electrons. The molecule has 0 saturated carbocycles. The topological polar surface area (TPSA) is 84.4 Å². The summed E-state index contributed by atoms with van der Waals surface area (Å²) in [5.41, 5.74) is 4.19. The summed E-state index contributed by atoms with van der Waals surface area (Å²) in [6.45, 7) is 10.3. The lowest BCUT2D eigenvalue weighted by Gasteiger charge is -2.38. The summed E-state index contributed by atoms with van der Waals surface area (Å²) in [5.74, 6) is 0. The molecule has 2 fully saturated rings. The number of pyridine rings is 1. The summed E-state index contributed by atoms with van der Waals surface area (Å²) in [7, 11) is 0. The predicted octanol–water partition coefficient (Wildman–Crippen LogP) is 7.17. The van der Waals surface area contributed by atoms with E-state index in [-0.39, 0.29) is 25.0 Å². The van der Waals surface area contributed by atoms with Crippen molar-refractivity contribution in [3.05, 3.63) is 45.9 Å². The Labute approximate surface area is 262 Å². The molecule has 1 amide bonds. The van der Waals surface area contributed by atoms with Crippen molar-refractivity contribution in [2.24, 2.45) is 0 Å². The summed E-state index contributed by atoms with van der Waals surface area (Å²) in [5, 5.41) is 10.5. The number of likely N-dealkylation sites (tertiary alicyclic amines) is 1. The highest BCUT2D eigenvalue weighted by molar-refractivity contribution is 7.19. The third-order valence-electron chi connectivity index (χ3n) is 8.69. The number of halogens is 1. The SMILES string of the molecule is CC(C)(C)OC(=O)N1C[C@@H](N2CCCc3cc(Cl)cc(-c4ccnc5cc(CO)sc45)c32)C[C@@]1(C)CO[C@H]1CCCCO1. The molecule has 3 aliphatic rings. The summed E-state index contributed by atoms with van der Waals surface area (Å²) in [6.07, 6.45) is 6.95. The Kier molecular flexibility index (Phi) is 8.65. The number of fused-ring (bicyclic) bond motifs is 2. The summed E-state index contributed by atoms with van der Waals surface area (Å²) in [6, 6.07) is 8.19. The number of nitrogens with zero attached hydrogens (tertiary/aromatic N) is 3. The number of ether oxygens (including phenoxy) is 3. The molecule has 1 N–H and O–H groups in total. The largest absolute Gasteiger partial charge is 0.444 e. The van der Waals surface area contributed by atoms with E-state index in [1.807, 2.05) is 44.0 Å². The lowest BCUT2D eigenvalue weighted by Crippen LogP contribution is -2.50. The number of anilines is 1. The maximum atomic E-state index is 13.7. The van der Waals surface area contributed by atoms with E-state index >= 15 is 0 Å². The maximum Gasteiger partial charge on any atom is 0.410 e. The molecule has 8 nitrogen and oxygen atoms in total. The standard InChI is InChI=1S/C33H42ClN3O5S/c1-32(2,3)42-31(39)37-18-23(17-33(37,4)20-41-28-9-5-6-13-40-28)36-12-7-8-21-14-22(34)15-26(29(21)36)25-10-11-35-27-16-24(19-38)43-30(25)27/h10-11,14-16,23,28,38H,5-9,12-13,17-20H2,1-4H3/t23-,28-,33-/m0/s1. The van der Waals surface area contributed by atoms with Crippen LogP contribution in [0.2, 0.25) is 5.02 Å². The van der Waals surface area contributed by atoms with E-state index in [0.29, 0.717) is 24.8 Å². The first-order valence-corrected chi connectivity index (χ1v) is 16.6. The minimum absolute atomic E-state index is 0.0185. The first kappa shape index (κ1) is 30.6. The Morgan fingerprint density at radius 2 is 2.07 bits per heavy atom. The van der Waals surface area contributed by atoms with Gasteiger partial charge >= 0.3 is 6.09 Å². The molecular weight excluding hydrogens is 586 g/mol. The second kappa shape index (κ2) is 12.2. The highest BCUT2D eigenvalue weighted by Gasteiger charge is 2.49. The molecule has 3 aliphatic heterocycles. The zero-order chi connectivity index (χ0) is 30.4. The van der Waals surface area contributed by atoms with Gasteiger partial charge in [0.15, 0.2) is 6.29 Å². The van der Waals surface area contributed by atoms with Gasteiger partial charge in [0, 0.05) is 58.6 Å². The van der Waals surface area contributed by atoms with E-state index in [9.17, 15) is 9.90 Å². The normalized spacial score (nSPS) is 24.4. The number of hydrogen-bond acceptors (Lipinski definition) is 8. The Balaban J connectivity index is 1.37. The molecule has 0 spiro atoms. The average Bonchev–Trinajstić information content (AvgIpc) is 3.56. The number of carbonyl (C=O) groups is 1. The fourth-order valence-electron chi connectivity index (χ4n) is 6.77. The van der Waals surface area contributed by atoms with Gasteiger partial charge in [0.1, 0.15) is 5.60 Å². The third kappa shape index (κ3) is 6.38. The van der Waals surface area contributed by atoms with E-state index in [2.05, 4.69) is 28.9 Å². The van der Waals surface area contributed by atoms with Crippen molar-refractivity contribution in [3.8, 4) is 11.1 Å². The minimum atomic E-state index is -0.605. The number of amides is 1. The van der Waals surface area contributed by atoms with Crippen LogP contribution in [0.1, 0.15) is 70.2 Å². The Bertz CT molecular complexity index is 1480. The van der Waals surface area contributed by atoms with Gasteiger partial charge in [-0.05, 0) is 96.0 Å². The summed E-state index contributed by atoms with van der Waals surface area (Å²) in [4.78, 5) is 23.5. The number of aliphatic hydroxyl groups excluding tert-OH is 1. The van der Waals surface area contributed by atoms with Crippen LogP contribution < -0.4 is 4.90 Å². The van der Waals surface area contributed by atoms with Crippen molar-refractivity contribution in [1.29, 1.82) is 0 Å². The Morgan fingerprint density at radius 3 is 2.81 bits per heavy atom. The van der Waals surface area contributed by atoms with Crippen LogP contribution in [0.3, 0.4) is 0 Å². The molecule has 232 valence electrons. The third-order valence-corrected chi connectivity index (χ3v) is 10.0. The minimum Gasteiger partial charge on any atom is -0.444 e. The van der Waals surface area contributed by atoms with Crippen LogP contribution in [-0.4, -0.2) is 70.9 Å². The smallest absolute Gasteiger partial charge is 0.410 e. The second-order valence-electron chi connectivity index (χ2n) is 13.3. The Hall–Kier alpha value is -2.43. The van der Waals surface area contributed by atoms with Crippen LogP contribution >= 0.6 is 22.9 Å². The number of carbonyl (C=O) groups excluding carboxylic acids is 1. The van der Waals surface area contributed by atoms with Crippen LogP contribution in [-0.2, 0) is 27.2 Å². The van der Waals surface area contributed by atoms with Crippen LogP contribution in [0.15, 0.2) is 30.5 Å². The highest BCUT2D eigenvalue weighted by atomic mass is 35.5. The van der Waals surface area contributed by atoms with Crippen molar-refractivity contribution in [2.45, 2.75) is 96.3 Å². The van der Waals surface area contributed by atoms with Crippen LogP contribution in [0.4, 0.5) is 10.5 Å². The zero-order valence-electron chi connectivity index (χ0n) is 25.5. The molecule has 5 heterocycles. The first-order valence-electron chi connectivity index (χ1n) is 15.4. The van der Waals surface area contributed by atoms with E-state index in [0.717, 1.165) is 77.0 Å². The van der Waals surface area contributed by atoms with Gasteiger partial charge in [-0.15, -0.1) is 11.3 Å². The van der Waals surface area contributed by atoms with Gasteiger partial charge < -0.3 is 24.2 Å². The zero-order valence-corrected chi connectivity index (χ0v) is 27.1. The van der Waals surface area contributed by atoms with Crippen molar-refractivity contribution in [1.82, 2.24) is 9.88 Å². The molecule has 3 atom stereocenters. The number of thiophene rings is 1. The maximum absolute atomic E-state index is 13.7. The summed E-state index contributed by atoms with van der Waals surface area (Å²) < 4.78 is 19.2. The van der Waals surface area contributed by atoms with Gasteiger partial charge in [0.25, 0.3) is 0 Å². The van der Waals surface area contributed by atoms with Crippen molar-refractivity contribution < 1.29 is 24.1 Å². The lowest BCUT2D eigenvalue weighted by atomic mass is 9.91. The molecule has 43 heavy (non-hydrogen) atoms. The van der Waals surface area contributed by atoms with Gasteiger partial charge in [0.2, 0.25) is 0 Å². The number of aliphatic hydroxyl groups is 1. The van der Waals surface area contributed by atoms with E-state index in [4.69, 9.17) is 25.8 Å². The Morgan fingerprint density at radius 1 is 1.23 bits per heavy atom. The van der Waals surface area contributed by atoms with Gasteiger partial charge in [-0.3, -0.25) is 9.88 Å². The van der Waals surface area contributed by atoms with Crippen LogP contribution in [0.5, 0.6) is 0 Å². The number of aryl methyl sites for hydroxylation is 1. The van der Waals surface area contributed by atoms with E-state index in [1.54, 1.807) is 11.3 Å². The van der Waals surface area contributed by atoms with E-state index in [1.165, 1.54) is 5.56 Å². The monoisotopic (exact) mass is 627 g/mol. The average molecular weight is 628 g/mol. The van der Waals surface area contributed by atoms with Gasteiger partial charge in [-0.2, -0.15) is 0 Å². The molecule has 2 aromatic heterocycles. The van der Waals surface area contributed by atoms with Crippen molar-refractivity contribution in [2.75, 3.05) is 31.2 Å². The predicted molar refractivity (Wildman–Crippen MR) is 171 cm³/mol. The quantitative estimate of drug-likeness (QED) is 0.310. The molecule has 6 rings (SSSR count). The number of hydrogen-bond donors (Lipinski definition) is 1. The number of aromatic nitrogens is 1. The fourth-order valence-corrected chi connectivity index (χ4v) is 8.01. The molecule has 2 saturated heterocycles. The molecular formula is C33H42ClN3O5S. The van der Waals surface area contributed by atoms with Crippen molar-refractivity contribution >= 4 is 44.9 Å². The molecule has 10 heteroatoms. The molecule has 1 aromatic carbocycles. The first-order chi connectivity index (χ1) is 20.5. The number of rotatable bonds is 6. The highest BCUT2D eigenvalue weighted by Crippen LogP contribution is 2.46. The van der Waals surface area contributed by atoms with Gasteiger partial charge in [-0.25, -0.2) is 4.79 Å². The fraction of sp³-hybridized carbons (Fsp3) is 0.576. The van der Waals surface area contributed by atoms with Crippen LogP contribution in [0, 0.1) is 0 Å². The second-order valence-corrected chi connectivity index (χ2v) is 14.8. The molecule has 0 bridgehead atoms. The molecule has 3 aromatic rings. The van der Waals surface area contributed by atoms with E-state index < -0.39 is 11.1 Å². The van der Waals surface area contributed by atoms with Gasteiger partial charge in [-0.1, -0.05) is 11.6 Å². The molecule has 0 aliphatic carbocycles. The van der Waals surface area contributed by atoms with Crippen molar-refractivity contribution in [3.63, 3.8) is 0 Å². The molecule has 0 unspecified atom stereocenters. The summed E-state index contributed by atoms with van der Waals surface area (Å²) >= 11 is 8.31. The number of benzene rings is 1. The van der Waals surface area contributed by atoms with Gasteiger partial charge in [0.05, 0.1) is 29.0 Å². The van der Waals surface area contributed by atoms with Crippen LogP contribution in [0.25, 0.3) is 21.3 Å².